The zero-order valence-corrected chi connectivity index (χ0v) is 11.4. The number of hydrogen-bond acceptors (Lipinski definition) is 4. The quantitative estimate of drug-likeness (QED) is 0.756. The van der Waals surface area contributed by atoms with Crippen molar-refractivity contribution >= 4 is 15.7 Å². The third kappa shape index (κ3) is 3.46. The Kier molecular flexibility index (Phi) is 4.21. The average Bonchev–Trinajstić information content (AvgIpc) is 2.41. The molecule has 6 nitrogen and oxygen atoms in total. The van der Waals surface area contributed by atoms with E-state index in [1.54, 1.807) is 24.3 Å². The molecule has 0 aliphatic heterocycles. The van der Waals surface area contributed by atoms with Gasteiger partial charge in [-0.15, -0.1) is 0 Å². The minimum absolute atomic E-state index is 0.0171. The normalized spacial score (nSPS) is 11.2. The summed E-state index contributed by atoms with van der Waals surface area (Å²) in [5.74, 6) is 0. The van der Waals surface area contributed by atoms with Crippen molar-refractivity contribution < 1.29 is 13.5 Å². The standard InChI is InChI=1S/C13H14N2O4S/c16-8-7-10-1-3-11(4-2-10)15-20(18,19)12-5-6-13(17)14-9-12/h1-6,9,15-16H,7-8H2,(H,14,17). The number of sulfonamides is 1. The van der Waals surface area contributed by atoms with E-state index in [0.29, 0.717) is 12.1 Å². The number of benzene rings is 1. The molecule has 1 aromatic carbocycles. The van der Waals surface area contributed by atoms with Crippen LogP contribution in [0.15, 0.2) is 52.3 Å². The highest BCUT2D eigenvalue weighted by molar-refractivity contribution is 7.92. The number of pyridine rings is 1. The van der Waals surface area contributed by atoms with Crippen molar-refractivity contribution in [2.24, 2.45) is 0 Å². The molecule has 0 unspecified atom stereocenters. The topological polar surface area (TPSA) is 99.3 Å². The van der Waals surface area contributed by atoms with E-state index in [1.807, 2.05) is 0 Å². The molecule has 0 aliphatic rings. The Morgan fingerprint density at radius 1 is 1.10 bits per heavy atom. The molecule has 20 heavy (non-hydrogen) atoms. The number of aliphatic hydroxyl groups is 1. The van der Waals surface area contributed by atoms with Gasteiger partial charge in [0.15, 0.2) is 0 Å². The highest BCUT2D eigenvalue weighted by atomic mass is 32.2. The van der Waals surface area contributed by atoms with Crippen LogP contribution in [0.1, 0.15) is 5.56 Å². The lowest BCUT2D eigenvalue weighted by molar-refractivity contribution is 0.299. The number of nitrogens with one attached hydrogen (secondary N) is 2. The number of hydrogen-bond donors (Lipinski definition) is 3. The second-order valence-corrected chi connectivity index (χ2v) is 5.85. The van der Waals surface area contributed by atoms with Gasteiger partial charge in [0.05, 0.1) is 0 Å². The minimum atomic E-state index is -3.72. The maximum Gasteiger partial charge on any atom is 0.263 e. The van der Waals surface area contributed by atoms with E-state index < -0.39 is 10.0 Å². The monoisotopic (exact) mass is 294 g/mol. The first-order chi connectivity index (χ1) is 9.51. The summed E-state index contributed by atoms with van der Waals surface area (Å²) in [6.07, 6.45) is 1.66. The zero-order chi connectivity index (χ0) is 14.6. The van der Waals surface area contributed by atoms with Gasteiger partial charge >= 0.3 is 0 Å². The molecular formula is C13H14N2O4S. The van der Waals surface area contributed by atoms with Crippen LogP contribution in [0.4, 0.5) is 5.69 Å². The second kappa shape index (κ2) is 5.89. The van der Waals surface area contributed by atoms with E-state index >= 15 is 0 Å². The van der Waals surface area contributed by atoms with E-state index in [1.165, 1.54) is 6.07 Å². The Bertz CT molecular complexity index is 715. The molecule has 0 aliphatic carbocycles. The Morgan fingerprint density at radius 3 is 2.35 bits per heavy atom. The number of H-pyrrole nitrogens is 1. The van der Waals surface area contributed by atoms with Crippen molar-refractivity contribution in [3.8, 4) is 0 Å². The summed E-state index contributed by atoms with van der Waals surface area (Å²) in [7, 11) is -3.72. The van der Waals surface area contributed by atoms with Gasteiger partial charge in [-0.3, -0.25) is 9.52 Å². The predicted molar refractivity (Wildman–Crippen MR) is 75.1 cm³/mol. The lowest BCUT2D eigenvalue weighted by atomic mass is 10.1. The van der Waals surface area contributed by atoms with Gasteiger partial charge in [0.25, 0.3) is 10.0 Å². The highest BCUT2D eigenvalue weighted by Gasteiger charge is 2.13. The molecule has 0 atom stereocenters. The van der Waals surface area contributed by atoms with Crippen LogP contribution in [-0.2, 0) is 16.4 Å². The Balaban J connectivity index is 2.19. The van der Waals surface area contributed by atoms with Crippen LogP contribution in [0.3, 0.4) is 0 Å². The van der Waals surface area contributed by atoms with Crippen molar-refractivity contribution in [3.05, 3.63) is 58.5 Å². The van der Waals surface area contributed by atoms with E-state index in [-0.39, 0.29) is 17.1 Å². The summed E-state index contributed by atoms with van der Waals surface area (Å²) in [6.45, 7) is 0.0441. The summed E-state index contributed by atoms with van der Waals surface area (Å²) in [5, 5.41) is 8.81. The summed E-state index contributed by atoms with van der Waals surface area (Å²) in [5.41, 5.74) is 0.967. The lowest BCUT2D eigenvalue weighted by Crippen LogP contribution is -2.15. The van der Waals surface area contributed by atoms with Crippen molar-refractivity contribution in [3.63, 3.8) is 0 Å². The van der Waals surface area contributed by atoms with E-state index in [9.17, 15) is 13.2 Å². The summed E-state index contributed by atoms with van der Waals surface area (Å²) in [6, 6.07) is 9.10. The van der Waals surface area contributed by atoms with Crippen molar-refractivity contribution in [2.45, 2.75) is 11.3 Å². The smallest absolute Gasteiger partial charge is 0.263 e. The third-order valence-corrected chi connectivity index (χ3v) is 4.05. The molecule has 7 heteroatoms. The van der Waals surface area contributed by atoms with Gasteiger partial charge in [0.1, 0.15) is 4.90 Å². The average molecular weight is 294 g/mol. The highest BCUT2D eigenvalue weighted by Crippen LogP contribution is 2.15. The van der Waals surface area contributed by atoms with Gasteiger partial charge in [-0.05, 0) is 30.2 Å². The maximum atomic E-state index is 12.1. The number of aromatic nitrogens is 1. The Hall–Kier alpha value is -2.12. The van der Waals surface area contributed by atoms with E-state index in [0.717, 1.165) is 17.8 Å². The van der Waals surface area contributed by atoms with Crippen LogP contribution in [0.25, 0.3) is 0 Å². The van der Waals surface area contributed by atoms with E-state index in [2.05, 4.69) is 9.71 Å². The molecule has 0 amide bonds. The zero-order valence-electron chi connectivity index (χ0n) is 10.5. The summed E-state index contributed by atoms with van der Waals surface area (Å²) in [4.78, 5) is 13.2. The van der Waals surface area contributed by atoms with Crippen molar-refractivity contribution in [1.29, 1.82) is 0 Å². The van der Waals surface area contributed by atoms with Crippen LogP contribution < -0.4 is 10.3 Å². The first kappa shape index (κ1) is 14.3. The molecular weight excluding hydrogens is 280 g/mol. The molecule has 1 aromatic heterocycles. The van der Waals surface area contributed by atoms with Crippen LogP contribution >= 0.6 is 0 Å². The molecule has 0 bridgehead atoms. The first-order valence-corrected chi connectivity index (χ1v) is 7.41. The van der Waals surface area contributed by atoms with Crippen LogP contribution in [-0.4, -0.2) is 25.1 Å². The largest absolute Gasteiger partial charge is 0.396 e. The molecule has 2 aromatic rings. The van der Waals surface area contributed by atoms with Crippen LogP contribution in [0, 0.1) is 0 Å². The van der Waals surface area contributed by atoms with Crippen molar-refractivity contribution in [2.75, 3.05) is 11.3 Å². The number of anilines is 1. The van der Waals surface area contributed by atoms with Gasteiger partial charge in [-0.1, -0.05) is 12.1 Å². The molecule has 3 N–H and O–H groups in total. The molecule has 0 fully saturated rings. The Labute approximate surface area is 116 Å². The SMILES string of the molecule is O=c1ccc(S(=O)(=O)Nc2ccc(CCO)cc2)c[nH]1. The molecule has 0 radical (unpaired) electrons. The number of aromatic amines is 1. The molecule has 0 saturated heterocycles. The fourth-order valence-corrected chi connectivity index (χ4v) is 2.67. The molecule has 106 valence electrons. The van der Waals surface area contributed by atoms with Gasteiger partial charge in [0.2, 0.25) is 5.56 Å². The second-order valence-electron chi connectivity index (χ2n) is 4.16. The minimum Gasteiger partial charge on any atom is -0.396 e. The van der Waals surface area contributed by atoms with Gasteiger partial charge in [0, 0.05) is 24.6 Å². The Morgan fingerprint density at radius 2 is 1.80 bits per heavy atom. The fraction of sp³-hybridized carbons (Fsp3) is 0.154. The molecule has 0 spiro atoms. The van der Waals surface area contributed by atoms with Gasteiger partial charge in [-0.25, -0.2) is 8.42 Å². The van der Waals surface area contributed by atoms with Crippen LogP contribution in [0.5, 0.6) is 0 Å². The first-order valence-electron chi connectivity index (χ1n) is 5.92. The number of aliphatic hydroxyl groups excluding tert-OH is 1. The third-order valence-electron chi connectivity index (χ3n) is 2.67. The van der Waals surface area contributed by atoms with Gasteiger partial charge < -0.3 is 10.1 Å². The predicted octanol–water partition coefficient (Wildman–Crippen LogP) is 0.710. The van der Waals surface area contributed by atoms with Gasteiger partial charge in [-0.2, -0.15) is 0 Å². The molecule has 2 rings (SSSR count). The summed E-state index contributed by atoms with van der Waals surface area (Å²) >= 11 is 0. The maximum absolute atomic E-state index is 12.1. The van der Waals surface area contributed by atoms with Crippen LogP contribution in [0.2, 0.25) is 0 Å². The lowest BCUT2D eigenvalue weighted by Gasteiger charge is -2.08. The van der Waals surface area contributed by atoms with E-state index in [4.69, 9.17) is 5.11 Å². The fourth-order valence-electron chi connectivity index (χ4n) is 1.65. The molecule has 1 heterocycles. The van der Waals surface area contributed by atoms with Crippen molar-refractivity contribution in [1.82, 2.24) is 4.98 Å². The number of rotatable bonds is 5. The molecule has 0 saturated carbocycles. The summed E-state index contributed by atoms with van der Waals surface area (Å²) < 4.78 is 26.5.